The van der Waals surface area contributed by atoms with Gasteiger partial charge in [-0.25, -0.2) is 4.98 Å². The van der Waals surface area contributed by atoms with Gasteiger partial charge in [-0.1, -0.05) is 18.2 Å². The number of amides is 1. The third-order valence-electron chi connectivity index (χ3n) is 2.82. The minimum atomic E-state index is -0.145. The summed E-state index contributed by atoms with van der Waals surface area (Å²) in [6, 6.07) is 7.61. The van der Waals surface area contributed by atoms with E-state index in [1.54, 1.807) is 13.2 Å². The smallest absolute Gasteiger partial charge is 0.257 e. The van der Waals surface area contributed by atoms with Crippen molar-refractivity contribution in [1.29, 1.82) is 0 Å². The molecule has 0 radical (unpaired) electrons. The first-order valence-electron chi connectivity index (χ1n) is 6.51. The van der Waals surface area contributed by atoms with E-state index in [9.17, 15) is 4.79 Å². The predicted molar refractivity (Wildman–Crippen MR) is 74.6 cm³/mol. The molecule has 0 aliphatic heterocycles. The molecule has 0 unspecified atom stereocenters. The van der Waals surface area contributed by atoms with Gasteiger partial charge in [-0.3, -0.25) is 4.79 Å². The van der Waals surface area contributed by atoms with Crippen LogP contribution in [0.25, 0.3) is 0 Å². The number of rotatable bonds is 6. The van der Waals surface area contributed by atoms with Gasteiger partial charge in [0, 0.05) is 19.9 Å². The molecule has 1 N–H and O–H groups in total. The Morgan fingerprint density at radius 3 is 2.85 bits per heavy atom. The Labute approximate surface area is 118 Å². The number of hydrogen-bond acceptors (Lipinski definition) is 4. The molecule has 1 amide bonds. The van der Waals surface area contributed by atoms with Crippen molar-refractivity contribution in [2.75, 3.05) is 13.2 Å². The SMILES string of the molecule is Cc1nc(CCNC(=O)COc2ccccc2C)co1. The zero-order valence-electron chi connectivity index (χ0n) is 11.7. The number of nitrogens with zero attached hydrogens (tertiary/aromatic N) is 1. The number of aryl methyl sites for hydroxylation is 2. The van der Waals surface area contributed by atoms with E-state index in [0.717, 1.165) is 17.0 Å². The lowest BCUT2D eigenvalue weighted by atomic mass is 10.2. The lowest BCUT2D eigenvalue weighted by Crippen LogP contribution is -2.30. The Morgan fingerprint density at radius 1 is 1.35 bits per heavy atom. The Bertz CT molecular complexity index is 578. The van der Waals surface area contributed by atoms with E-state index >= 15 is 0 Å². The lowest BCUT2D eigenvalue weighted by Gasteiger charge is -2.08. The van der Waals surface area contributed by atoms with E-state index in [4.69, 9.17) is 9.15 Å². The average molecular weight is 274 g/mol. The summed E-state index contributed by atoms with van der Waals surface area (Å²) in [5.74, 6) is 1.22. The van der Waals surface area contributed by atoms with E-state index < -0.39 is 0 Å². The maximum atomic E-state index is 11.6. The van der Waals surface area contributed by atoms with Crippen LogP contribution in [0.1, 0.15) is 17.1 Å². The fourth-order valence-corrected chi connectivity index (χ4v) is 1.77. The van der Waals surface area contributed by atoms with Gasteiger partial charge in [0.2, 0.25) is 0 Å². The molecule has 5 heteroatoms. The molecular weight excluding hydrogens is 256 g/mol. The van der Waals surface area contributed by atoms with Gasteiger partial charge in [0.15, 0.2) is 12.5 Å². The number of carbonyl (C=O) groups is 1. The summed E-state index contributed by atoms with van der Waals surface area (Å²) in [5, 5.41) is 2.78. The molecule has 0 bridgehead atoms. The summed E-state index contributed by atoms with van der Waals surface area (Å²) in [6.45, 7) is 4.27. The maximum absolute atomic E-state index is 11.6. The Hall–Kier alpha value is -2.30. The molecule has 0 atom stereocenters. The number of oxazole rings is 1. The van der Waals surface area contributed by atoms with Crippen molar-refractivity contribution in [3.05, 3.63) is 47.7 Å². The summed E-state index contributed by atoms with van der Waals surface area (Å²) >= 11 is 0. The molecule has 0 aliphatic carbocycles. The normalized spacial score (nSPS) is 10.3. The van der Waals surface area contributed by atoms with Crippen LogP contribution < -0.4 is 10.1 Å². The van der Waals surface area contributed by atoms with Gasteiger partial charge in [-0.2, -0.15) is 0 Å². The molecule has 1 heterocycles. The third-order valence-corrected chi connectivity index (χ3v) is 2.82. The highest BCUT2D eigenvalue weighted by atomic mass is 16.5. The van der Waals surface area contributed by atoms with Crippen molar-refractivity contribution in [3.63, 3.8) is 0 Å². The van der Waals surface area contributed by atoms with E-state index in [1.807, 2.05) is 31.2 Å². The molecule has 2 rings (SSSR count). The van der Waals surface area contributed by atoms with Gasteiger partial charge in [-0.15, -0.1) is 0 Å². The lowest BCUT2D eigenvalue weighted by molar-refractivity contribution is -0.123. The van der Waals surface area contributed by atoms with Crippen LogP contribution in [-0.2, 0) is 11.2 Å². The van der Waals surface area contributed by atoms with Crippen molar-refractivity contribution in [2.24, 2.45) is 0 Å². The average Bonchev–Trinajstić information content (AvgIpc) is 2.83. The van der Waals surface area contributed by atoms with Crippen molar-refractivity contribution >= 4 is 5.91 Å². The number of benzene rings is 1. The monoisotopic (exact) mass is 274 g/mol. The highest BCUT2D eigenvalue weighted by Crippen LogP contribution is 2.15. The van der Waals surface area contributed by atoms with Crippen LogP contribution in [0, 0.1) is 13.8 Å². The van der Waals surface area contributed by atoms with Gasteiger partial charge in [-0.05, 0) is 18.6 Å². The van der Waals surface area contributed by atoms with E-state index in [1.165, 1.54) is 0 Å². The van der Waals surface area contributed by atoms with Crippen LogP contribution >= 0.6 is 0 Å². The van der Waals surface area contributed by atoms with Crippen LogP contribution in [0.15, 0.2) is 34.9 Å². The van der Waals surface area contributed by atoms with Crippen molar-refractivity contribution in [3.8, 4) is 5.75 Å². The molecule has 0 spiro atoms. The summed E-state index contributed by atoms with van der Waals surface area (Å²) < 4.78 is 10.6. The topological polar surface area (TPSA) is 64.4 Å². The van der Waals surface area contributed by atoms with Crippen molar-refractivity contribution in [2.45, 2.75) is 20.3 Å². The minimum absolute atomic E-state index is 0.0166. The standard InChI is InChI=1S/C15H18N2O3/c1-11-5-3-4-6-14(11)20-10-15(18)16-8-7-13-9-19-12(2)17-13/h3-6,9H,7-8,10H2,1-2H3,(H,16,18). The first-order valence-corrected chi connectivity index (χ1v) is 6.51. The third kappa shape index (κ3) is 4.12. The van der Waals surface area contributed by atoms with Gasteiger partial charge in [0.25, 0.3) is 5.91 Å². The second-order valence-corrected chi connectivity index (χ2v) is 4.51. The van der Waals surface area contributed by atoms with Crippen LogP contribution in [0.5, 0.6) is 5.75 Å². The van der Waals surface area contributed by atoms with E-state index in [2.05, 4.69) is 10.3 Å². The second kappa shape index (κ2) is 6.75. The molecule has 20 heavy (non-hydrogen) atoms. The highest BCUT2D eigenvalue weighted by Gasteiger charge is 2.05. The molecule has 0 saturated carbocycles. The fourth-order valence-electron chi connectivity index (χ4n) is 1.77. The number of carbonyl (C=O) groups excluding carboxylic acids is 1. The Morgan fingerprint density at radius 2 is 2.15 bits per heavy atom. The fraction of sp³-hybridized carbons (Fsp3) is 0.333. The van der Waals surface area contributed by atoms with Crippen LogP contribution in [0.4, 0.5) is 0 Å². The largest absolute Gasteiger partial charge is 0.484 e. The molecule has 0 saturated heterocycles. The summed E-state index contributed by atoms with van der Waals surface area (Å²) in [7, 11) is 0. The van der Waals surface area contributed by atoms with Gasteiger partial charge in [0.05, 0.1) is 5.69 Å². The molecule has 1 aromatic heterocycles. The second-order valence-electron chi connectivity index (χ2n) is 4.51. The summed E-state index contributed by atoms with van der Waals surface area (Å²) in [6.07, 6.45) is 2.25. The Kier molecular flexibility index (Phi) is 4.76. The van der Waals surface area contributed by atoms with Gasteiger partial charge in [0.1, 0.15) is 12.0 Å². The maximum Gasteiger partial charge on any atom is 0.257 e. The number of nitrogens with one attached hydrogen (secondary N) is 1. The predicted octanol–water partition coefficient (Wildman–Crippen LogP) is 2.03. The quantitative estimate of drug-likeness (QED) is 0.875. The molecule has 2 aromatic rings. The van der Waals surface area contributed by atoms with Gasteiger partial charge < -0.3 is 14.5 Å². The zero-order chi connectivity index (χ0) is 14.4. The number of para-hydroxylation sites is 1. The summed E-state index contributed by atoms with van der Waals surface area (Å²) in [4.78, 5) is 15.8. The Balaban J connectivity index is 1.69. The molecule has 0 fully saturated rings. The molecule has 1 aromatic carbocycles. The number of ether oxygens (including phenoxy) is 1. The summed E-state index contributed by atoms with van der Waals surface area (Å²) in [5.41, 5.74) is 1.85. The molecule has 5 nitrogen and oxygen atoms in total. The zero-order valence-corrected chi connectivity index (χ0v) is 11.7. The number of hydrogen-bond donors (Lipinski definition) is 1. The molecule has 0 aliphatic rings. The minimum Gasteiger partial charge on any atom is -0.484 e. The first-order chi connectivity index (χ1) is 9.65. The van der Waals surface area contributed by atoms with Crippen LogP contribution in [-0.4, -0.2) is 24.0 Å². The first kappa shape index (κ1) is 14.1. The molecular formula is C15H18N2O3. The molecule has 106 valence electrons. The van der Waals surface area contributed by atoms with Crippen LogP contribution in [0.3, 0.4) is 0 Å². The van der Waals surface area contributed by atoms with E-state index in [0.29, 0.717) is 18.9 Å². The van der Waals surface area contributed by atoms with Gasteiger partial charge >= 0.3 is 0 Å². The van der Waals surface area contributed by atoms with E-state index in [-0.39, 0.29) is 12.5 Å². The number of aromatic nitrogens is 1. The highest BCUT2D eigenvalue weighted by molar-refractivity contribution is 5.77. The van der Waals surface area contributed by atoms with Crippen molar-refractivity contribution in [1.82, 2.24) is 10.3 Å². The van der Waals surface area contributed by atoms with Crippen LogP contribution in [0.2, 0.25) is 0 Å². The van der Waals surface area contributed by atoms with Crippen molar-refractivity contribution < 1.29 is 13.9 Å².